The second kappa shape index (κ2) is 6.00. The Labute approximate surface area is 142 Å². The van der Waals surface area contributed by atoms with Crippen molar-refractivity contribution in [3.05, 3.63) is 51.1 Å². The minimum Gasteiger partial charge on any atom is -0.497 e. The first kappa shape index (κ1) is 14.9. The number of halogens is 1. The molecule has 5 heteroatoms. The lowest BCUT2D eigenvalue weighted by Gasteiger charge is -2.08. The van der Waals surface area contributed by atoms with Crippen LogP contribution < -0.4 is 14.8 Å². The van der Waals surface area contributed by atoms with Crippen molar-refractivity contribution in [2.75, 3.05) is 19.5 Å². The average Bonchev–Trinajstić information content (AvgIpc) is 2.83. The minimum absolute atomic E-state index is 0.109. The highest BCUT2D eigenvalue weighted by Crippen LogP contribution is 2.36. The molecule has 2 aromatic carbocycles. The van der Waals surface area contributed by atoms with Crippen molar-refractivity contribution in [2.45, 2.75) is 0 Å². The molecule has 4 nitrogen and oxygen atoms in total. The van der Waals surface area contributed by atoms with Crippen LogP contribution >= 0.6 is 22.6 Å². The molecule has 0 spiro atoms. The van der Waals surface area contributed by atoms with E-state index in [0.717, 1.165) is 20.4 Å². The van der Waals surface area contributed by atoms with Gasteiger partial charge >= 0.3 is 0 Å². The first-order chi connectivity index (χ1) is 10.6. The molecule has 0 aromatic heterocycles. The summed E-state index contributed by atoms with van der Waals surface area (Å²) in [5.74, 6) is 1.30. The van der Waals surface area contributed by atoms with Crippen LogP contribution in [0.4, 0.5) is 5.69 Å². The normalized spacial score (nSPS) is 14.7. The van der Waals surface area contributed by atoms with Gasteiger partial charge in [0.05, 0.1) is 14.2 Å². The Morgan fingerprint density at radius 3 is 2.64 bits per heavy atom. The maximum absolute atomic E-state index is 12.2. The largest absolute Gasteiger partial charge is 0.497 e. The number of methoxy groups -OCH3 is 2. The third kappa shape index (κ3) is 2.68. The number of rotatable bonds is 3. The molecule has 0 atom stereocenters. The van der Waals surface area contributed by atoms with Gasteiger partial charge in [0, 0.05) is 26.0 Å². The van der Waals surface area contributed by atoms with Gasteiger partial charge in [-0.1, -0.05) is 0 Å². The molecule has 1 amide bonds. The smallest absolute Gasteiger partial charge is 0.256 e. The summed E-state index contributed by atoms with van der Waals surface area (Å²) in [7, 11) is 3.22. The zero-order chi connectivity index (χ0) is 15.7. The molecular weight excluding hydrogens is 393 g/mol. The van der Waals surface area contributed by atoms with Gasteiger partial charge in [0.15, 0.2) is 0 Å². The molecule has 1 N–H and O–H groups in total. The molecule has 0 bridgehead atoms. The molecule has 0 saturated carbocycles. The van der Waals surface area contributed by atoms with Crippen LogP contribution in [0.15, 0.2) is 36.4 Å². The monoisotopic (exact) mass is 407 g/mol. The summed E-state index contributed by atoms with van der Waals surface area (Å²) < 4.78 is 11.7. The number of nitrogens with one attached hydrogen (secondary N) is 1. The quantitative estimate of drug-likeness (QED) is 0.622. The summed E-state index contributed by atoms with van der Waals surface area (Å²) in [6.07, 6.45) is 1.83. The predicted octanol–water partition coefficient (Wildman–Crippen LogP) is 3.80. The average molecular weight is 407 g/mol. The highest BCUT2D eigenvalue weighted by Gasteiger charge is 2.24. The molecule has 22 heavy (non-hydrogen) atoms. The van der Waals surface area contributed by atoms with Crippen LogP contribution in [0.1, 0.15) is 11.1 Å². The predicted molar refractivity (Wildman–Crippen MR) is 95.2 cm³/mol. The first-order valence-electron chi connectivity index (χ1n) is 6.67. The van der Waals surface area contributed by atoms with E-state index in [0.29, 0.717) is 17.1 Å². The van der Waals surface area contributed by atoms with Crippen LogP contribution in [0.2, 0.25) is 0 Å². The Kier molecular flexibility index (Phi) is 4.06. The van der Waals surface area contributed by atoms with Crippen molar-refractivity contribution in [3.63, 3.8) is 0 Å². The SMILES string of the molecule is COc1ccc(OC)c(C=C2C(=O)Nc3ccc(I)cc32)c1. The lowest BCUT2D eigenvalue weighted by Crippen LogP contribution is -2.03. The standard InChI is InChI=1S/C17H14INO3/c1-21-12-4-6-16(22-2)10(7-12)8-14-13-9-11(18)3-5-15(13)19-17(14)20/h3-9H,1-2H3,(H,19,20). The number of carbonyl (C=O) groups excluding carboxylic acids is 1. The Morgan fingerprint density at radius 1 is 1.09 bits per heavy atom. The number of ether oxygens (including phenoxy) is 2. The second-order valence-corrected chi connectivity index (χ2v) is 6.06. The number of benzene rings is 2. The number of hydrogen-bond donors (Lipinski definition) is 1. The first-order valence-corrected chi connectivity index (χ1v) is 7.75. The van der Waals surface area contributed by atoms with Crippen LogP contribution in [0.5, 0.6) is 11.5 Å². The minimum atomic E-state index is -0.109. The zero-order valence-corrected chi connectivity index (χ0v) is 14.3. The van der Waals surface area contributed by atoms with Gasteiger partial charge in [-0.15, -0.1) is 0 Å². The Bertz CT molecular complexity index is 783. The summed E-state index contributed by atoms with van der Waals surface area (Å²) in [6, 6.07) is 11.4. The molecule has 0 fully saturated rings. The molecule has 1 aliphatic heterocycles. The molecular formula is C17H14INO3. The number of hydrogen-bond acceptors (Lipinski definition) is 3. The van der Waals surface area contributed by atoms with Crippen molar-refractivity contribution in [2.24, 2.45) is 0 Å². The van der Waals surface area contributed by atoms with Crippen LogP contribution in [-0.4, -0.2) is 20.1 Å². The van der Waals surface area contributed by atoms with Crippen LogP contribution in [-0.2, 0) is 4.79 Å². The van der Waals surface area contributed by atoms with Crippen LogP contribution in [0.3, 0.4) is 0 Å². The summed E-state index contributed by atoms with van der Waals surface area (Å²) in [6.45, 7) is 0. The van der Waals surface area contributed by atoms with E-state index in [1.807, 2.05) is 42.5 Å². The lowest BCUT2D eigenvalue weighted by molar-refractivity contribution is -0.110. The van der Waals surface area contributed by atoms with Crippen LogP contribution in [0.25, 0.3) is 11.6 Å². The molecule has 112 valence electrons. The van der Waals surface area contributed by atoms with Gasteiger partial charge in [-0.05, 0) is 65.1 Å². The summed E-state index contributed by atoms with van der Waals surface area (Å²) in [4.78, 5) is 12.2. The fourth-order valence-electron chi connectivity index (χ4n) is 2.41. The van der Waals surface area contributed by atoms with Crippen molar-refractivity contribution in [3.8, 4) is 11.5 Å². The summed E-state index contributed by atoms with van der Waals surface area (Å²) in [5.41, 5.74) is 3.17. The van der Waals surface area contributed by atoms with E-state index in [9.17, 15) is 4.79 Å². The van der Waals surface area contributed by atoms with Gasteiger partial charge < -0.3 is 14.8 Å². The van der Waals surface area contributed by atoms with E-state index in [1.165, 1.54) is 0 Å². The van der Waals surface area contributed by atoms with Gasteiger partial charge in [-0.25, -0.2) is 0 Å². The number of anilines is 1. The molecule has 3 rings (SSSR count). The molecule has 0 radical (unpaired) electrons. The van der Waals surface area contributed by atoms with Gasteiger partial charge in [-0.2, -0.15) is 0 Å². The van der Waals surface area contributed by atoms with E-state index in [-0.39, 0.29) is 5.91 Å². The zero-order valence-electron chi connectivity index (χ0n) is 12.1. The van der Waals surface area contributed by atoms with Gasteiger partial charge in [0.2, 0.25) is 0 Å². The third-order valence-electron chi connectivity index (χ3n) is 3.50. The third-order valence-corrected chi connectivity index (χ3v) is 4.17. The van der Waals surface area contributed by atoms with E-state index in [4.69, 9.17) is 9.47 Å². The van der Waals surface area contributed by atoms with E-state index < -0.39 is 0 Å². The number of amides is 1. The van der Waals surface area contributed by atoms with Crippen molar-refractivity contribution < 1.29 is 14.3 Å². The van der Waals surface area contributed by atoms with E-state index in [1.54, 1.807) is 14.2 Å². The van der Waals surface area contributed by atoms with Crippen molar-refractivity contribution >= 4 is 45.8 Å². The van der Waals surface area contributed by atoms with Crippen molar-refractivity contribution in [1.29, 1.82) is 0 Å². The maximum atomic E-state index is 12.2. The molecule has 0 saturated heterocycles. The topological polar surface area (TPSA) is 47.6 Å². The summed E-state index contributed by atoms with van der Waals surface area (Å²) >= 11 is 2.24. The van der Waals surface area contributed by atoms with Gasteiger partial charge in [0.25, 0.3) is 5.91 Å². The van der Waals surface area contributed by atoms with Crippen molar-refractivity contribution in [1.82, 2.24) is 0 Å². The molecule has 2 aromatic rings. The molecule has 0 aliphatic carbocycles. The fraction of sp³-hybridized carbons (Fsp3) is 0.118. The maximum Gasteiger partial charge on any atom is 0.256 e. The summed E-state index contributed by atoms with van der Waals surface area (Å²) in [5, 5.41) is 2.88. The highest BCUT2D eigenvalue weighted by atomic mass is 127. The number of fused-ring (bicyclic) bond motifs is 1. The Hall–Kier alpha value is -2.02. The molecule has 1 aliphatic rings. The van der Waals surface area contributed by atoms with E-state index in [2.05, 4.69) is 27.9 Å². The lowest BCUT2D eigenvalue weighted by atomic mass is 10.0. The van der Waals surface area contributed by atoms with Crippen LogP contribution in [0, 0.1) is 3.57 Å². The molecule has 1 heterocycles. The highest BCUT2D eigenvalue weighted by molar-refractivity contribution is 14.1. The van der Waals surface area contributed by atoms with E-state index >= 15 is 0 Å². The van der Waals surface area contributed by atoms with Gasteiger partial charge in [-0.3, -0.25) is 4.79 Å². The Morgan fingerprint density at radius 2 is 1.91 bits per heavy atom. The fourth-order valence-corrected chi connectivity index (χ4v) is 2.90. The van der Waals surface area contributed by atoms with Gasteiger partial charge in [0.1, 0.15) is 11.5 Å². The molecule has 0 unspecified atom stereocenters. The second-order valence-electron chi connectivity index (χ2n) is 4.81. The Balaban J connectivity index is 2.13. The number of carbonyl (C=O) groups is 1.